The minimum atomic E-state index is -1.65. The van der Waals surface area contributed by atoms with Crippen molar-refractivity contribution in [1.29, 1.82) is 0 Å². The molecular formula is C56H60N5O6P. The van der Waals surface area contributed by atoms with Crippen molar-refractivity contribution in [3.05, 3.63) is 244 Å². The number of nitrogens with zero attached hydrogens (tertiary/aromatic N) is 1. The largest absolute Gasteiger partial charge is 0.497 e. The van der Waals surface area contributed by atoms with Gasteiger partial charge in [0.15, 0.2) is 0 Å². The fraction of sp³-hybridized carbons (Fsp3) is 0.214. The Labute approximate surface area is 401 Å². The SMILES string of the molecule is COc1ccc(C(NNC(=O)c2cc(COP(OCCO)N(C(C)C)C(C)C)cc(C(=O)NNC(c3ccccc3)(c3ccccc3)c3ccccc3)c2)(c2ccccc2)c2ccccc2)cc1. The van der Waals surface area contributed by atoms with Gasteiger partial charge >= 0.3 is 0 Å². The van der Waals surface area contributed by atoms with Crippen LogP contribution in [0.4, 0.5) is 0 Å². The molecule has 0 spiro atoms. The molecule has 0 fully saturated rings. The molecule has 0 aliphatic carbocycles. The number of hydrazine groups is 2. The first-order chi connectivity index (χ1) is 33.1. The Kier molecular flexibility index (Phi) is 17.0. The third-order valence-corrected chi connectivity index (χ3v) is 13.7. The first-order valence-electron chi connectivity index (χ1n) is 22.8. The van der Waals surface area contributed by atoms with Crippen LogP contribution in [-0.4, -0.2) is 54.0 Å². The first-order valence-corrected chi connectivity index (χ1v) is 23.9. The summed E-state index contributed by atoms with van der Waals surface area (Å²) in [6.07, 6.45) is 0. The fourth-order valence-electron chi connectivity index (χ4n) is 8.59. The van der Waals surface area contributed by atoms with Crippen molar-refractivity contribution in [3.63, 3.8) is 0 Å². The number of hydrogen-bond donors (Lipinski definition) is 5. The van der Waals surface area contributed by atoms with E-state index in [0.717, 1.165) is 33.4 Å². The molecule has 350 valence electrons. The van der Waals surface area contributed by atoms with Gasteiger partial charge in [0.2, 0.25) is 0 Å². The van der Waals surface area contributed by atoms with Gasteiger partial charge in [-0.05, 0) is 97.0 Å². The highest BCUT2D eigenvalue weighted by Crippen LogP contribution is 2.47. The van der Waals surface area contributed by atoms with Crippen LogP contribution >= 0.6 is 8.53 Å². The summed E-state index contributed by atoms with van der Waals surface area (Å²) in [4.78, 5) is 29.6. The molecule has 0 aliphatic rings. The van der Waals surface area contributed by atoms with Crippen LogP contribution in [0, 0.1) is 0 Å². The van der Waals surface area contributed by atoms with Crippen LogP contribution < -0.4 is 26.4 Å². The average molecular weight is 930 g/mol. The molecule has 0 bridgehead atoms. The number of nitrogens with one attached hydrogen (secondary N) is 4. The maximum atomic E-state index is 14.8. The molecule has 0 aliphatic heterocycles. The zero-order valence-corrected chi connectivity index (χ0v) is 40.0. The van der Waals surface area contributed by atoms with E-state index < -0.39 is 31.4 Å². The predicted octanol–water partition coefficient (Wildman–Crippen LogP) is 10.0. The van der Waals surface area contributed by atoms with Crippen molar-refractivity contribution in [2.75, 3.05) is 20.3 Å². The molecule has 0 heterocycles. The van der Waals surface area contributed by atoms with Crippen LogP contribution in [0.5, 0.6) is 5.75 Å². The van der Waals surface area contributed by atoms with Gasteiger partial charge in [0, 0.05) is 23.2 Å². The second-order valence-corrected chi connectivity index (χ2v) is 18.2. The Bertz CT molecular complexity index is 2520. The molecule has 0 aromatic heterocycles. The molecule has 7 rings (SSSR count). The molecule has 11 nitrogen and oxygen atoms in total. The minimum Gasteiger partial charge on any atom is -0.497 e. The lowest BCUT2D eigenvalue weighted by Crippen LogP contribution is -2.54. The molecule has 12 heteroatoms. The molecule has 1 unspecified atom stereocenters. The zero-order chi connectivity index (χ0) is 47.9. The number of carbonyl (C=O) groups is 2. The van der Waals surface area contributed by atoms with E-state index >= 15 is 0 Å². The lowest BCUT2D eigenvalue weighted by Gasteiger charge is -2.37. The number of carbonyl (C=O) groups excluding carboxylic acids is 2. The van der Waals surface area contributed by atoms with E-state index in [1.54, 1.807) is 25.3 Å². The summed E-state index contributed by atoms with van der Waals surface area (Å²) in [5, 5.41) is 9.73. The highest BCUT2D eigenvalue weighted by atomic mass is 31.2. The van der Waals surface area contributed by atoms with Gasteiger partial charge in [-0.3, -0.25) is 20.4 Å². The number of aliphatic hydroxyl groups is 1. The van der Waals surface area contributed by atoms with E-state index in [1.807, 2.05) is 176 Å². The Morgan fingerprint density at radius 2 is 0.882 bits per heavy atom. The van der Waals surface area contributed by atoms with Gasteiger partial charge in [0.1, 0.15) is 16.8 Å². The number of amides is 2. The van der Waals surface area contributed by atoms with Crippen LogP contribution in [0.2, 0.25) is 0 Å². The summed E-state index contributed by atoms with van der Waals surface area (Å²) >= 11 is 0. The van der Waals surface area contributed by atoms with Crippen molar-refractivity contribution in [2.24, 2.45) is 0 Å². The van der Waals surface area contributed by atoms with Gasteiger partial charge in [-0.1, -0.05) is 164 Å². The molecule has 0 saturated carbocycles. The maximum absolute atomic E-state index is 14.8. The van der Waals surface area contributed by atoms with Gasteiger partial charge in [-0.15, -0.1) is 0 Å². The van der Waals surface area contributed by atoms with Crippen LogP contribution in [-0.2, 0) is 26.7 Å². The van der Waals surface area contributed by atoms with Gasteiger partial charge in [0.25, 0.3) is 20.3 Å². The Hall–Kier alpha value is -6.53. The van der Waals surface area contributed by atoms with E-state index in [1.165, 1.54) is 0 Å². The highest BCUT2D eigenvalue weighted by Gasteiger charge is 2.39. The molecule has 0 saturated heterocycles. The number of aliphatic hydroxyl groups excluding tert-OH is 1. The monoisotopic (exact) mass is 929 g/mol. The summed E-state index contributed by atoms with van der Waals surface area (Å²) in [7, 11) is -0.0226. The maximum Gasteiger partial charge on any atom is 0.265 e. The van der Waals surface area contributed by atoms with Crippen molar-refractivity contribution in [2.45, 2.75) is 57.5 Å². The van der Waals surface area contributed by atoms with E-state index in [-0.39, 0.29) is 43.0 Å². The van der Waals surface area contributed by atoms with E-state index in [2.05, 4.69) is 54.1 Å². The third-order valence-electron chi connectivity index (χ3n) is 11.7. The summed E-state index contributed by atoms with van der Waals surface area (Å²) in [5.74, 6) is -0.279. The quantitative estimate of drug-likeness (QED) is 0.0256. The molecule has 1 atom stereocenters. The number of hydrogen-bond acceptors (Lipinski definition) is 9. The number of methoxy groups -OCH3 is 1. The van der Waals surface area contributed by atoms with Gasteiger partial charge in [0.05, 0.1) is 26.9 Å². The predicted molar refractivity (Wildman–Crippen MR) is 269 cm³/mol. The Morgan fingerprint density at radius 3 is 1.21 bits per heavy atom. The molecule has 7 aromatic rings. The second kappa shape index (κ2) is 23.5. The van der Waals surface area contributed by atoms with Gasteiger partial charge in [-0.2, -0.15) is 0 Å². The number of benzene rings is 7. The summed E-state index contributed by atoms with van der Waals surface area (Å²) in [6.45, 7) is 8.15. The summed E-state index contributed by atoms with van der Waals surface area (Å²) in [5.41, 5.74) is 17.2. The standard InChI is InChI=1S/C56H60N5O6P/c1-41(2)61(42(3)4)68(66-36-35-62)67-40-43-37-44(53(63)57-59-55(46-21-11-6-12-22-46,47-23-13-7-14-24-47)48-25-15-8-16-26-48)39-45(38-43)54(64)58-60-56(49-27-17-9-18-28-49,50-29-19-10-20-30-50)51-31-33-52(65-5)34-32-51/h6-34,37-39,41-42,59-60,62H,35-36,40H2,1-5H3,(H,57,63)(H,58,64). The average Bonchev–Trinajstić information content (AvgIpc) is 3.38. The topological polar surface area (TPSA) is 133 Å². The fourth-order valence-corrected chi connectivity index (χ4v) is 10.2. The molecule has 5 N–H and O–H groups in total. The van der Waals surface area contributed by atoms with Gasteiger partial charge in [-0.25, -0.2) is 15.5 Å². The van der Waals surface area contributed by atoms with Crippen molar-refractivity contribution < 1.29 is 28.5 Å². The minimum absolute atomic E-state index is 0.00112. The highest BCUT2D eigenvalue weighted by molar-refractivity contribution is 7.44. The zero-order valence-electron chi connectivity index (χ0n) is 39.1. The lowest BCUT2D eigenvalue weighted by molar-refractivity contribution is 0.0918. The first kappa shape index (κ1) is 49.4. The Morgan fingerprint density at radius 1 is 0.529 bits per heavy atom. The van der Waals surface area contributed by atoms with Crippen molar-refractivity contribution in [3.8, 4) is 5.75 Å². The van der Waals surface area contributed by atoms with Crippen LogP contribution in [0.15, 0.2) is 194 Å². The number of rotatable bonds is 22. The lowest BCUT2D eigenvalue weighted by atomic mass is 9.77. The normalized spacial score (nSPS) is 12.2. The smallest absolute Gasteiger partial charge is 0.265 e. The van der Waals surface area contributed by atoms with E-state index in [9.17, 15) is 14.7 Å². The molecule has 7 aromatic carbocycles. The molecular weight excluding hydrogens is 870 g/mol. The van der Waals surface area contributed by atoms with Crippen molar-refractivity contribution >= 4 is 20.3 Å². The van der Waals surface area contributed by atoms with E-state index in [0.29, 0.717) is 11.3 Å². The van der Waals surface area contributed by atoms with Crippen molar-refractivity contribution in [1.82, 2.24) is 26.4 Å². The second-order valence-electron chi connectivity index (χ2n) is 16.8. The Balaban J connectivity index is 1.29. The van der Waals surface area contributed by atoms with Crippen LogP contribution in [0.25, 0.3) is 0 Å². The van der Waals surface area contributed by atoms with Gasteiger partial charge < -0.3 is 18.9 Å². The molecule has 0 radical (unpaired) electrons. The van der Waals surface area contributed by atoms with Crippen LogP contribution in [0.1, 0.15) is 87.4 Å². The van der Waals surface area contributed by atoms with E-state index in [4.69, 9.17) is 13.8 Å². The van der Waals surface area contributed by atoms with Crippen LogP contribution in [0.3, 0.4) is 0 Å². The molecule has 2 amide bonds. The number of ether oxygens (including phenoxy) is 1. The molecule has 68 heavy (non-hydrogen) atoms. The summed E-state index contributed by atoms with van der Waals surface area (Å²) in [6, 6.07) is 62.5. The third kappa shape index (κ3) is 11.2. The summed E-state index contributed by atoms with van der Waals surface area (Å²) < 4.78 is 20.3.